The van der Waals surface area contributed by atoms with Crippen LogP contribution in [0.15, 0.2) is 59.0 Å². The Kier molecular flexibility index (Phi) is 3.93. The van der Waals surface area contributed by atoms with Gasteiger partial charge in [-0.15, -0.1) is 5.10 Å². The van der Waals surface area contributed by atoms with Crippen LogP contribution in [-0.2, 0) is 13.0 Å². The maximum atomic E-state index is 5.46. The molecule has 0 radical (unpaired) electrons. The molecule has 106 valence electrons. The van der Waals surface area contributed by atoms with Gasteiger partial charge in [0.25, 0.3) is 0 Å². The van der Waals surface area contributed by atoms with E-state index in [1.54, 1.807) is 0 Å². The van der Waals surface area contributed by atoms with Crippen LogP contribution >= 0.6 is 0 Å². The zero-order chi connectivity index (χ0) is 14.5. The predicted molar refractivity (Wildman–Crippen MR) is 81.2 cm³/mol. The Bertz CT molecular complexity index is 709. The highest BCUT2D eigenvalue weighted by molar-refractivity contribution is 5.58. The molecule has 0 saturated carbocycles. The Balaban J connectivity index is 1.82. The maximum Gasteiger partial charge on any atom is 0.320 e. The van der Waals surface area contributed by atoms with Crippen LogP contribution in [0.1, 0.15) is 17.0 Å². The highest BCUT2D eigenvalue weighted by Gasteiger charge is 2.08. The summed E-state index contributed by atoms with van der Waals surface area (Å²) in [6.07, 6.45) is 0.835. The molecule has 0 bridgehead atoms. The number of nitrogens with one attached hydrogen (secondary N) is 1. The summed E-state index contributed by atoms with van der Waals surface area (Å²) in [6, 6.07) is 18.7. The van der Waals surface area contributed by atoms with Crippen molar-refractivity contribution in [1.82, 2.24) is 10.2 Å². The topological polar surface area (TPSA) is 77.0 Å². The van der Waals surface area contributed by atoms with Crippen molar-refractivity contribution in [2.75, 3.05) is 5.32 Å². The maximum absolute atomic E-state index is 5.46. The number of aromatic nitrogens is 2. The number of para-hydroxylation sites is 1. The minimum absolute atomic E-state index is 0.236. The lowest BCUT2D eigenvalue weighted by Gasteiger charge is -2.09. The van der Waals surface area contributed by atoms with Gasteiger partial charge in [0.2, 0.25) is 5.89 Å². The van der Waals surface area contributed by atoms with Crippen LogP contribution in [0.3, 0.4) is 0 Å². The van der Waals surface area contributed by atoms with Gasteiger partial charge < -0.3 is 15.5 Å². The highest BCUT2D eigenvalue weighted by atomic mass is 16.4. The summed E-state index contributed by atoms with van der Waals surface area (Å²) in [5, 5.41) is 10.9. The third-order valence-electron chi connectivity index (χ3n) is 3.14. The minimum Gasteiger partial charge on any atom is -0.406 e. The van der Waals surface area contributed by atoms with Gasteiger partial charge in [-0.2, -0.15) is 0 Å². The third kappa shape index (κ3) is 3.27. The van der Waals surface area contributed by atoms with Crippen molar-refractivity contribution in [2.45, 2.75) is 13.0 Å². The number of rotatable bonds is 5. The molecule has 0 saturated heterocycles. The molecule has 1 heterocycles. The summed E-state index contributed by atoms with van der Waals surface area (Å²) in [6.45, 7) is 0.236. The molecule has 5 nitrogen and oxygen atoms in total. The van der Waals surface area contributed by atoms with Gasteiger partial charge in [0.1, 0.15) is 0 Å². The van der Waals surface area contributed by atoms with Crippen LogP contribution in [0.4, 0.5) is 11.7 Å². The summed E-state index contributed by atoms with van der Waals surface area (Å²) in [4.78, 5) is 0. The molecule has 3 aromatic rings. The minimum atomic E-state index is 0.236. The van der Waals surface area contributed by atoms with E-state index in [0.717, 1.165) is 17.7 Å². The first-order valence-corrected chi connectivity index (χ1v) is 6.76. The Labute approximate surface area is 122 Å². The fraction of sp³-hybridized carbons (Fsp3) is 0.125. The molecule has 21 heavy (non-hydrogen) atoms. The fourth-order valence-electron chi connectivity index (χ4n) is 2.11. The second kappa shape index (κ2) is 6.19. The molecule has 0 atom stereocenters. The van der Waals surface area contributed by atoms with Gasteiger partial charge in [0.15, 0.2) is 0 Å². The number of benzene rings is 2. The highest BCUT2D eigenvalue weighted by Crippen LogP contribution is 2.22. The van der Waals surface area contributed by atoms with Crippen LogP contribution in [0.25, 0.3) is 0 Å². The summed E-state index contributed by atoms with van der Waals surface area (Å²) in [5.41, 5.74) is 8.83. The average Bonchev–Trinajstić information content (AvgIpc) is 2.98. The van der Waals surface area contributed by atoms with Crippen molar-refractivity contribution in [3.63, 3.8) is 0 Å². The van der Waals surface area contributed by atoms with Gasteiger partial charge in [0, 0.05) is 5.69 Å². The van der Waals surface area contributed by atoms with Gasteiger partial charge in [-0.05, 0) is 23.6 Å². The van der Waals surface area contributed by atoms with Crippen LogP contribution in [0.5, 0.6) is 0 Å². The molecule has 0 aliphatic heterocycles. The van der Waals surface area contributed by atoms with Crippen molar-refractivity contribution in [3.8, 4) is 0 Å². The van der Waals surface area contributed by atoms with Crippen LogP contribution in [-0.4, -0.2) is 10.2 Å². The molecule has 3 rings (SSSR count). The molecule has 2 aromatic carbocycles. The lowest BCUT2D eigenvalue weighted by Crippen LogP contribution is -1.97. The Hall–Kier alpha value is -2.66. The van der Waals surface area contributed by atoms with Gasteiger partial charge in [-0.25, -0.2) is 0 Å². The first-order valence-electron chi connectivity index (χ1n) is 6.76. The van der Waals surface area contributed by atoms with Crippen molar-refractivity contribution < 1.29 is 4.42 Å². The zero-order valence-electron chi connectivity index (χ0n) is 11.5. The molecule has 0 aliphatic rings. The quantitative estimate of drug-likeness (QED) is 0.751. The number of anilines is 2. The van der Waals surface area contributed by atoms with E-state index in [-0.39, 0.29) is 6.54 Å². The Morgan fingerprint density at radius 1 is 0.952 bits per heavy atom. The van der Waals surface area contributed by atoms with Crippen molar-refractivity contribution >= 4 is 11.7 Å². The smallest absolute Gasteiger partial charge is 0.320 e. The predicted octanol–water partition coefficient (Wildman–Crippen LogP) is 2.86. The Morgan fingerprint density at radius 3 is 2.48 bits per heavy atom. The molecule has 0 fully saturated rings. The lowest BCUT2D eigenvalue weighted by atomic mass is 10.0. The molecule has 1 aromatic heterocycles. The zero-order valence-corrected chi connectivity index (χ0v) is 11.5. The molecule has 0 amide bonds. The largest absolute Gasteiger partial charge is 0.406 e. The summed E-state index contributed by atoms with van der Waals surface area (Å²) in [7, 11) is 0. The van der Waals surface area contributed by atoms with Gasteiger partial charge in [-0.3, -0.25) is 0 Å². The van der Waals surface area contributed by atoms with Crippen molar-refractivity contribution in [1.29, 1.82) is 0 Å². The van der Waals surface area contributed by atoms with E-state index in [4.69, 9.17) is 10.2 Å². The van der Waals surface area contributed by atoms with Gasteiger partial charge in [-0.1, -0.05) is 53.6 Å². The molecular weight excluding hydrogens is 264 g/mol. The lowest BCUT2D eigenvalue weighted by molar-refractivity contribution is 0.511. The van der Waals surface area contributed by atoms with Crippen LogP contribution in [0, 0.1) is 0 Å². The Morgan fingerprint density at radius 2 is 1.71 bits per heavy atom. The number of hydrogen-bond acceptors (Lipinski definition) is 5. The van der Waals surface area contributed by atoms with E-state index in [1.807, 2.05) is 36.4 Å². The molecule has 3 N–H and O–H groups in total. The number of nitrogens with two attached hydrogens (primary N) is 1. The van der Waals surface area contributed by atoms with E-state index in [0.29, 0.717) is 11.9 Å². The average molecular weight is 280 g/mol. The van der Waals surface area contributed by atoms with Gasteiger partial charge >= 0.3 is 6.01 Å². The first kappa shape index (κ1) is 13.3. The SMILES string of the molecule is NCc1nnc(Nc2ccccc2Cc2ccccc2)o1. The normalized spacial score (nSPS) is 10.5. The van der Waals surface area contributed by atoms with E-state index < -0.39 is 0 Å². The fourth-order valence-corrected chi connectivity index (χ4v) is 2.11. The van der Waals surface area contributed by atoms with E-state index in [1.165, 1.54) is 5.56 Å². The third-order valence-corrected chi connectivity index (χ3v) is 3.14. The number of nitrogens with zero attached hydrogens (tertiary/aromatic N) is 2. The standard InChI is InChI=1S/C16H16N4O/c17-11-15-19-20-16(21-15)18-14-9-5-4-8-13(14)10-12-6-2-1-3-7-12/h1-9H,10-11,17H2,(H,18,20). The molecule has 0 spiro atoms. The molecular formula is C16H16N4O. The van der Waals surface area contributed by atoms with Crippen LogP contribution < -0.4 is 11.1 Å². The van der Waals surface area contributed by atoms with Gasteiger partial charge in [0.05, 0.1) is 6.54 Å². The second-order valence-corrected chi connectivity index (χ2v) is 4.65. The number of hydrogen-bond donors (Lipinski definition) is 2. The summed E-state index contributed by atoms with van der Waals surface area (Å²) >= 11 is 0. The molecule has 0 unspecified atom stereocenters. The van der Waals surface area contributed by atoms with E-state index >= 15 is 0 Å². The van der Waals surface area contributed by atoms with Crippen molar-refractivity contribution in [2.24, 2.45) is 5.73 Å². The van der Waals surface area contributed by atoms with Crippen molar-refractivity contribution in [3.05, 3.63) is 71.6 Å². The molecule has 5 heteroatoms. The monoisotopic (exact) mass is 280 g/mol. The molecule has 0 aliphatic carbocycles. The summed E-state index contributed by atoms with van der Waals surface area (Å²) < 4.78 is 5.38. The van der Waals surface area contributed by atoms with E-state index in [9.17, 15) is 0 Å². The summed E-state index contributed by atoms with van der Waals surface area (Å²) in [5.74, 6) is 0.415. The van der Waals surface area contributed by atoms with E-state index in [2.05, 4.69) is 33.7 Å². The first-order chi connectivity index (χ1) is 10.3. The van der Waals surface area contributed by atoms with Crippen LogP contribution in [0.2, 0.25) is 0 Å². The second-order valence-electron chi connectivity index (χ2n) is 4.65.